The van der Waals surface area contributed by atoms with Crippen LogP contribution < -0.4 is 0 Å². The Morgan fingerprint density at radius 1 is 1.42 bits per heavy atom. The first-order valence-electron chi connectivity index (χ1n) is 6.09. The molecule has 0 fully saturated rings. The molecule has 1 unspecified atom stereocenters. The van der Waals surface area contributed by atoms with Crippen LogP contribution in [0.15, 0.2) is 18.2 Å². The minimum Gasteiger partial charge on any atom is -0.444 e. The molecular weight excluding hydrogens is 244 g/mol. The van der Waals surface area contributed by atoms with Gasteiger partial charge in [-0.05, 0) is 39.8 Å². The van der Waals surface area contributed by atoms with E-state index in [0.29, 0.717) is 12.0 Å². The summed E-state index contributed by atoms with van der Waals surface area (Å²) in [5.74, 6) is 0. The summed E-state index contributed by atoms with van der Waals surface area (Å²) in [4.78, 5) is 28.7. The molecule has 5 heteroatoms. The normalized spacial score (nSPS) is 12.7. The van der Waals surface area contributed by atoms with Gasteiger partial charge in [0.05, 0.1) is 5.69 Å². The monoisotopic (exact) mass is 264 g/mol. The summed E-state index contributed by atoms with van der Waals surface area (Å²) in [5.41, 5.74) is 0.726. The molecule has 1 aromatic heterocycles. The van der Waals surface area contributed by atoms with Crippen LogP contribution in [0.3, 0.4) is 0 Å². The number of nitrogens with zero attached hydrogens (tertiary/aromatic N) is 2. The van der Waals surface area contributed by atoms with E-state index >= 15 is 0 Å². The van der Waals surface area contributed by atoms with Crippen LogP contribution in [0.1, 0.15) is 38.2 Å². The van der Waals surface area contributed by atoms with Crippen LogP contribution in [0.5, 0.6) is 0 Å². The minimum absolute atomic E-state index is 0.531. The van der Waals surface area contributed by atoms with Crippen molar-refractivity contribution in [3.05, 3.63) is 29.6 Å². The molecule has 0 radical (unpaired) electrons. The number of aryl methyl sites for hydroxylation is 1. The van der Waals surface area contributed by atoms with Crippen LogP contribution in [0, 0.1) is 6.92 Å². The molecule has 1 heterocycles. The number of hydrogen-bond acceptors (Lipinski definition) is 4. The average molecular weight is 264 g/mol. The highest BCUT2D eigenvalue weighted by Crippen LogP contribution is 2.18. The van der Waals surface area contributed by atoms with Crippen molar-refractivity contribution in [1.29, 1.82) is 0 Å². The van der Waals surface area contributed by atoms with Crippen LogP contribution in [-0.2, 0) is 9.53 Å². The fraction of sp³-hybridized carbons (Fsp3) is 0.500. The number of rotatable bonds is 3. The van der Waals surface area contributed by atoms with Gasteiger partial charge in [0.2, 0.25) is 0 Å². The maximum atomic E-state index is 11.9. The van der Waals surface area contributed by atoms with Gasteiger partial charge in [-0.15, -0.1) is 0 Å². The van der Waals surface area contributed by atoms with Gasteiger partial charge in [0.25, 0.3) is 0 Å². The number of amides is 1. The molecule has 0 N–H and O–H groups in total. The third-order valence-electron chi connectivity index (χ3n) is 2.44. The van der Waals surface area contributed by atoms with Gasteiger partial charge >= 0.3 is 6.09 Å². The van der Waals surface area contributed by atoms with E-state index < -0.39 is 17.7 Å². The molecule has 104 valence electrons. The van der Waals surface area contributed by atoms with Gasteiger partial charge in [-0.2, -0.15) is 0 Å². The van der Waals surface area contributed by atoms with Crippen molar-refractivity contribution in [2.24, 2.45) is 0 Å². The van der Waals surface area contributed by atoms with Crippen molar-refractivity contribution < 1.29 is 14.3 Å². The number of carbonyl (C=O) groups excluding carboxylic acids is 2. The summed E-state index contributed by atoms with van der Waals surface area (Å²) in [6.45, 7) is 7.16. The van der Waals surface area contributed by atoms with E-state index in [4.69, 9.17) is 4.74 Å². The first kappa shape index (κ1) is 15.1. The molecule has 0 aromatic carbocycles. The molecule has 0 bridgehead atoms. The Hall–Kier alpha value is -1.91. The quantitative estimate of drug-likeness (QED) is 0.787. The van der Waals surface area contributed by atoms with Gasteiger partial charge < -0.3 is 9.53 Å². The van der Waals surface area contributed by atoms with Gasteiger partial charge in [0, 0.05) is 12.7 Å². The van der Waals surface area contributed by atoms with Crippen LogP contribution in [0.4, 0.5) is 4.79 Å². The van der Waals surface area contributed by atoms with E-state index in [2.05, 4.69) is 4.98 Å². The zero-order valence-corrected chi connectivity index (χ0v) is 12.0. The zero-order chi connectivity index (χ0) is 14.6. The van der Waals surface area contributed by atoms with Gasteiger partial charge in [-0.3, -0.25) is 9.88 Å². The largest absolute Gasteiger partial charge is 0.444 e. The summed E-state index contributed by atoms with van der Waals surface area (Å²) in [6, 6.07) is 4.61. The molecule has 1 amide bonds. The summed E-state index contributed by atoms with van der Waals surface area (Å²) >= 11 is 0. The highest BCUT2D eigenvalue weighted by atomic mass is 16.6. The highest BCUT2D eigenvalue weighted by molar-refractivity contribution is 5.74. The number of ether oxygens (including phenoxy) is 1. The Balaban J connectivity index is 2.91. The Bertz CT molecular complexity index is 466. The van der Waals surface area contributed by atoms with Crippen LogP contribution in [0.2, 0.25) is 0 Å². The molecular formula is C14H20N2O3. The Labute approximate surface area is 113 Å². The number of aromatic nitrogens is 1. The molecule has 0 spiro atoms. The maximum Gasteiger partial charge on any atom is 0.410 e. The number of pyridine rings is 1. The first-order chi connectivity index (χ1) is 8.74. The van der Waals surface area contributed by atoms with Crippen molar-refractivity contribution in [3.63, 3.8) is 0 Å². The van der Waals surface area contributed by atoms with Gasteiger partial charge in [0.1, 0.15) is 17.9 Å². The van der Waals surface area contributed by atoms with Crippen molar-refractivity contribution in [2.45, 2.75) is 39.3 Å². The predicted molar refractivity (Wildman–Crippen MR) is 71.8 cm³/mol. The van der Waals surface area contributed by atoms with E-state index in [1.165, 1.54) is 11.9 Å². The Kier molecular flexibility index (Phi) is 4.64. The number of likely N-dealkylation sites (N-methyl/N-ethyl adjacent to an activating group) is 1. The summed E-state index contributed by atoms with van der Waals surface area (Å²) in [7, 11) is 1.52. The molecule has 1 atom stereocenters. The third-order valence-corrected chi connectivity index (χ3v) is 2.44. The third kappa shape index (κ3) is 4.35. The molecule has 19 heavy (non-hydrogen) atoms. The molecule has 0 saturated heterocycles. The lowest BCUT2D eigenvalue weighted by Crippen LogP contribution is -2.37. The summed E-state index contributed by atoms with van der Waals surface area (Å²) in [6.07, 6.45) is 0.138. The minimum atomic E-state index is -0.741. The second kappa shape index (κ2) is 5.82. The Morgan fingerprint density at radius 2 is 2.05 bits per heavy atom. The Morgan fingerprint density at radius 3 is 2.53 bits per heavy atom. The van der Waals surface area contributed by atoms with Crippen LogP contribution in [-0.4, -0.2) is 34.9 Å². The lowest BCUT2D eigenvalue weighted by atomic mass is 10.1. The van der Waals surface area contributed by atoms with Gasteiger partial charge in [-0.1, -0.05) is 6.07 Å². The topological polar surface area (TPSA) is 59.5 Å². The number of carbonyl (C=O) groups is 2. The SMILES string of the molecule is Cc1cccc(C(C=O)N(C)C(=O)OC(C)(C)C)n1. The molecule has 0 aliphatic rings. The molecule has 5 nitrogen and oxygen atoms in total. The maximum absolute atomic E-state index is 11.9. The standard InChI is InChI=1S/C14H20N2O3/c1-10-7-6-8-11(15-10)12(9-17)16(5)13(18)19-14(2,3)4/h6-9,12H,1-5H3. The zero-order valence-electron chi connectivity index (χ0n) is 12.0. The number of hydrogen-bond donors (Lipinski definition) is 0. The average Bonchev–Trinajstić information content (AvgIpc) is 2.27. The highest BCUT2D eigenvalue weighted by Gasteiger charge is 2.26. The number of aldehydes is 1. The van der Waals surface area contributed by atoms with Crippen molar-refractivity contribution in [1.82, 2.24) is 9.88 Å². The first-order valence-corrected chi connectivity index (χ1v) is 6.09. The van der Waals surface area contributed by atoms with E-state index in [1.54, 1.807) is 32.9 Å². The van der Waals surface area contributed by atoms with Gasteiger partial charge in [-0.25, -0.2) is 4.79 Å². The van der Waals surface area contributed by atoms with Crippen molar-refractivity contribution >= 4 is 12.4 Å². The smallest absolute Gasteiger partial charge is 0.410 e. The van der Waals surface area contributed by atoms with Crippen LogP contribution >= 0.6 is 0 Å². The predicted octanol–water partition coefficient (Wildman–Crippen LogP) is 2.50. The fourth-order valence-electron chi connectivity index (χ4n) is 1.54. The van der Waals surface area contributed by atoms with Crippen molar-refractivity contribution in [2.75, 3.05) is 7.05 Å². The summed E-state index contributed by atoms with van der Waals surface area (Å²) in [5, 5.41) is 0. The van der Waals surface area contributed by atoms with E-state index in [-0.39, 0.29) is 0 Å². The van der Waals surface area contributed by atoms with Crippen molar-refractivity contribution in [3.8, 4) is 0 Å². The molecule has 0 saturated carbocycles. The lowest BCUT2D eigenvalue weighted by Gasteiger charge is -2.27. The summed E-state index contributed by atoms with van der Waals surface area (Å²) < 4.78 is 5.23. The lowest BCUT2D eigenvalue weighted by molar-refractivity contribution is -0.112. The second-order valence-electron chi connectivity index (χ2n) is 5.38. The molecule has 1 aromatic rings. The van der Waals surface area contributed by atoms with E-state index in [9.17, 15) is 9.59 Å². The molecule has 1 rings (SSSR count). The fourth-order valence-corrected chi connectivity index (χ4v) is 1.54. The van der Waals surface area contributed by atoms with Gasteiger partial charge in [0.15, 0.2) is 0 Å². The van der Waals surface area contributed by atoms with E-state index in [0.717, 1.165) is 5.69 Å². The van der Waals surface area contributed by atoms with E-state index in [1.807, 2.05) is 13.0 Å². The molecule has 0 aliphatic carbocycles. The molecule has 0 aliphatic heterocycles. The second-order valence-corrected chi connectivity index (χ2v) is 5.38. The van der Waals surface area contributed by atoms with Crippen LogP contribution in [0.25, 0.3) is 0 Å².